The third-order valence-corrected chi connectivity index (χ3v) is 6.83. The predicted molar refractivity (Wildman–Crippen MR) is 150 cm³/mol. The van der Waals surface area contributed by atoms with Crippen LogP contribution in [0.5, 0.6) is 0 Å². The van der Waals surface area contributed by atoms with Gasteiger partial charge in [-0.25, -0.2) is 4.79 Å². The molecule has 1 heterocycles. The zero-order chi connectivity index (χ0) is 29.3. The minimum absolute atomic E-state index is 0.137. The van der Waals surface area contributed by atoms with Crippen molar-refractivity contribution in [3.8, 4) is 0 Å². The fourth-order valence-electron chi connectivity index (χ4n) is 4.47. The second-order valence-corrected chi connectivity index (χ2v) is 11.0. The monoisotopic (exact) mass is 551 g/mol. The van der Waals surface area contributed by atoms with Crippen LogP contribution in [0, 0.1) is 5.41 Å². The molecule has 0 saturated carbocycles. The van der Waals surface area contributed by atoms with E-state index in [9.17, 15) is 19.2 Å². The SMILES string of the molecule is CCc1ccc(NC(=O)OCC2(C(=O)NCc3ccccc3)CCN(C(=O)C(OC(C)(C)C)C([NH])=O)CC2)cc1. The first-order valence-corrected chi connectivity index (χ1v) is 13.5. The zero-order valence-electron chi connectivity index (χ0n) is 23.6. The minimum Gasteiger partial charge on any atom is -0.448 e. The molecular formula is C30H39N4O6. The molecule has 0 aliphatic carbocycles. The highest BCUT2D eigenvalue weighted by Gasteiger charge is 2.45. The molecule has 1 saturated heterocycles. The molecule has 2 aromatic carbocycles. The number of nitrogens with one attached hydrogen (secondary N) is 3. The summed E-state index contributed by atoms with van der Waals surface area (Å²) in [5.74, 6) is -2.02. The van der Waals surface area contributed by atoms with Crippen LogP contribution in [0.3, 0.4) is 0 Å². The van der Waals surface area contributed by atoms with Gasteiger partial charge in [-0.1, -0.05) is 49.4 Å². The summed E-state index contributed by atoms with van der Waals surface area (Å²) in [6, 6.07) is 16.9. The Hall–Kier alpha value is -3.92. The first kappa shape index (κ1) is 30.6. The van der Waals surface area contributed by atoms with Gasteiger partial charge in [0.1, 0.15) is 6.61 Å². The molecule has 4 amide bonds. The molecule has 1 aliphatic rings. The summed E-state index contributed by atoms with van der Waals surface area (Å²) in [5, 5.41) is 5.64. The van der Waals surface area contributed by atoms with E-state index in [4.69, 9.17) is 15.2 Å². The van der Waals surface area contributed by atoms with Gasteiger partial charge in [0.15, 0.2) is 0 Å². The molecule has 1 unspecified atom stereocenters. The van der Waals surface area contributed by atoms with Crippen LogP contribution in [0.4, 0.5) is 10.5 Å². The molecule has 215 valence electrons. The first-order valence-electron chi connectivity index (χ1n) is 13.5. The molecule has 0 aromatic heterocycles. The van der Waals surface area contributed by atoms with Crippen molar-refractivity contribution < 1.29 is 28.7 Å². The number of carbonyl (C=O) groups excluding carboxylic acids is 4. The van der Waals surface area contributed by atoms with Crippen molar-refractivity contribution in [3.63, 3.8) is 0 Å². The van der Waals surface area contributed by atoms with E-state index in [0.717, 1.165) is 17.5 Å². The maximum Gasteiger partial charge on any atom is 0.411 e. The van der Waals surface area contributed by atoms with Gasteiger partial charge in [-0.3, -0.25) is 25.4 Å². The van der Waals surface area contributed by atoms with E-state index in [1.807, 2.05) is 49.4 Å². The Kier molecular flexibility index (Phi) is 10.3. The third-order valence-electron chi connectivity index (χ3n) is 6.83. The van der Waals surface area contributed by atoms with Gasteiger partial charge in [0.2, 0.25) is 12.0 Å². The molecule has 2 aromatic rings. The number of ether oxygens (including phenoxy) is 2. The lowest BCUT2D eigenvalue weighted by Crippen LogP contribution is -2.55. The Balaban J connectivity index is 1.70. The van der Waals surface area contributed by atoms with Crippen molar-refractivity contribution in [1.82, 2.24) is 16.0 Å². The van der Waals surface area contributed by atoms with Crippen LogP contribution in [0.25, 0.3) is 0 Å². The molecule has 40 heavy (non-hydrogen) atoms. The fraction of sp³-hybridized carbons (Fsp3) is 0.467. The molecule has 3 N–H and O–H groups in total. The molecule has 3 rings (SSSR count). The van der Waals surface area contributed by atoms with Crippen molar-refractivity contribution in [1.29, 1.82) is 0 Å². The van der Waals surface area contributed by atoms with Gasteiger partial charge in [-0.15, -0.1) is 0 Å². The molecule has 1 aliphatic heterocycles. The van der Waals surface area contributed by atoms with Crippen molar-refractivity contribution in [2.45, 2.75) is 65.2 Å². The summed E-state index contributed by atoms with van der Waals surface area (Å²) in [7, 11) is 0. The van der Waals surface area contributed by atoms with Gasteiger partial charge >= 0.3 is 6.09 Å². The Morgan fingerprint density at radius 1 is 0.975 bits per heavy atom. The van der Waals surface area contributed by atoms with Crippen LogP contribution in [0.2, 0.25) is 0 Å². The highest BCUT2D eigenvalue weighted by atomic mass is 16.5. The Bertz CT molecular complexity index is 1170. The predicted octanol–water partition coefficient (Wildman–Crippen LogP) is 3.72. The molecular weight excluding hydrogens is 512 g/mol. The van der Waals surface area contributed by atoms with Crippen LogP contribution in [0.1, 0.15) is 51.7 Å². The van der Waals surface area contributed by atoms with Gasteiger partial charge in [0, 0.05) is 25.3 Å². The van der Waals surface area contributed by atoms with E-state index < -0.39 is 35.0 Å². The first-order chi connectivity index (χ1) is 18.9. The number of hydrogen-bond acceptors (Lipinski definition) is 6. The molecule has 1 fully saturated rings. The van der Waals surface area contributed by atoms with Crippen molar-refractivity contribution in [3.05, 3.63) is 65.7 Å². The summed E-state index contributed by atoms with van der Waals surface area (Å²) in [4.78, 5) is 52.5. The van der Waals surface area contributed by atoms with Gasteiger partial charge in [0.25, 0.3) is 11.8 Å². The standard InChI is InChI=1S/C30H39N4O6/c1-5-21-11-13-23(14-12-21)33-28(38)39-20-30(27(37)32-19-22-9-7-6-8-10-22)15-17-34(18-16-30)26(36)24(25(31)35)40-29(2,3)4/h6-14,24,31H,5,15-20H2,1-4H3,(H,32,37)(H,33,38). The second-order valence-electron chi connectivity index (χ2n) is 11.0. The largest absolute Gasteiger partial charge is 0.448 e. The van der Waals surface area contributed by atoms with Gasteiger partial charge in [0.05, 0.1) is 11.0 Å². The number of nitrogens with zero attached hydrogens (tertiary/aromatic N) is 1. The fourth-order valence-corrected chi connectivity index (χ4v) is 4.47. The number of hydrogen-bond donors (Lipinski definition) is 2. The van der Waals surface area contributed by atoms with E-state index in [0.29, 0.717) is 12.2 Å². The van der Waals surface area contributed by atoms with Crippen LogP contribution >= 0.6 is 0 Å². The van der Waals surface area contributed by atoms with Crippen LogP contribution in [-0.2, 0) is 36.8 Å². The van der Waals surface area contributed by atoms with Gasteiger partial charge < -0.3 is 19.7 Å². The lowest BCUT2D eigenvalue weighted by atomic mass is 9.78. The molecule has 1 atom stereocenters. The molecule has 0 bridgehead atoms. The average Bonchev–Trinajstić information content (AvgIpc) is 2.94. The highest BCUT2D eigenvalue weighted by Crippen LogP contribution is 2.33. The van der Waals surface area contributed by atoms with Crippen LogP contribution in [-0.4, -0.2) is 60.1 Å². The Morgan fingerprint density at radius 3 is 2.15 bits per heavy atom. The topological polar surface area (TPSA) is 138 Å². The van der Waals surface area contributed by atoms with E-state index in [1.54, 1.807) is 32.9 Å². The molecule has 1 radical (unpaired) electrons. The van der Waals surface area contributed by atoms with Gasteiger partial charge in [-0.05, 0) is 63.3 Å². The summed E-state index contributed by atoms with van der Waals surface area (Å²) in [6.45, 7) is 7.54. The molecule has 10 heteroatoms. The molecule has 0 spiro atoms. The van der Waals surface area contributed by atoms with Crippen molar-refractivity contribution in [2.75, 3.05) is 25.0 Å². The smallest absolute Gasteiger partial charge is 0.411 e. The number of benzene rings is 2. The number of rotatable bonds is 10. The van der Waals surface area contributed by atoms with E-state index >= 15 is 0 Å². The quantitative estimate of drug-likeness (QED) is 0.432. The average molecular weight is 552 g/mol. The number of anilines is 1. The Morgan fingerprint density at radius 2 is 1.60 bits per heavy atom. The zero-order valence-corrected chi connectivity index (χ0v) is 23.6. The van der Waals surface area contributed by atoms with Crippen molar-refractivity contribution >= 4 is 29.5 Å². The minimum atomic E-state index is -1.54. The summed E-state index contributed by atoms with van der Waals surface area (Å²) in [6.07, 6.45) is -0.945. The van der Waals surface area contributed by atoms with E-state index in [1.165, 1.54) is 4.90 Å². The number of amides is 4. The summed E-state index contributed by atoms with van der Waals surface area (Å²) >= 11 is 0. The normalized spacial score (nSPS) is 15.6. The highest BCUT2D eigenvalue weighted by molar-refractivity contribution is 6.02. The third kappa shape index (κ3) is 8.54. The Labute approximate surface area is 235 Å². The van der Waals surface area contributed by atoms with Crippen molar-refractivity contribution in [2.24, 2.45) is 5.41 Å². The summed E-state index contributed by atoms with van der Waals surface area (Å²) < 4.78 is 11.1. The number of carbonyl (C=O) groups is 4. The lowest BCUT2D eigenvalue weighted by molar-refractivity contribution is -0.164. The van der Waals surface area contributed by atoms with Crippen LogP contribution < -0.4 is 16.4 Å². The van der Waals surface area contributed by atoms with Gasteiger partial charge in [-0.2, -0.15) is 0 Å². The maximum atomic E-state index is 13.5. The maximum absolute atomic E-state index is 13.5. The number of likely N-dealkylation sites (tertiary alicyclic amines) is 1. The van der Waals surface area contributed by atoms with E-state index in [-0.39, 0.29) is 38.4 Å². The molecule has 10 nitrogen and oxygen atoms in total. The number of aryl methyl sites for hydroxylation is 1. The number of piperidine rings is 1. The van der Waals surface area contributed by atoms with Crippen LogP contribution in [0.15, 0.2) is 54.6 Å². The lowest BCUT2D eigenvalue weighted by Gasteiger charge is -2.41. The van der Waals surface area contributed by atoms with E-state index in [2.05, 4.69) is 10.6 Å². The summed E-state index contributed by atoms with van der Waals surface area (Å²) in [5.41, 5.74) is 8.29. The second kappa shape index (κ2) is 13.4.